The van der Waals surface area contributed by atoms with Crippen LogP contribution in [-0.2, 0) is 79.0 Å². The van der Waals surface area contributed by atoms with Crippen LogP contribution >= 0.6 is 15.2 Å². The Hall–Kier alpha value is -4.90. The molecule has 35 heteroatoms. The number of esters is 1. The van der Waals surface area contributed by atoms with Crippen LogP contribution < -0.4 is 20.3 Å². The number of aliphatic hydroxyl groups excluding tert-OH is 2. The van der Waals surface area contributed by atoms with Crippen molar-refractivity contribution in [3.8, 4) is 5.75 Å². The number of fused-ring (bicyclic) bond motifs is 1. The first-order valence-corrected chi connectivity index (χ1v) is 30.4. The highest BCUT2D eigenvalue weighted by molar-refractivity contribution is 7.70. The molecule has 7 N–H and O–H groups in total. The lowest BCUT2D eigenvalue weighted by atomic mass is 10.00. The van der Waals surface area contributed by atoms with E-state index in [0.29, 0.717) is 121 Å². The van der Waals surface area contributed by atoms with Gasteiger partial charge in [0.2, 0.25) is 17.6 Å². The molecule has 4 aromatic rings. The lowest BCUT2D eigenvalue weighted by Crippen LogP contribution is -2.54. The molecular weight excluding hydrogens is 1160 g/mol. The van der Waals surface area contributed by atoms with Crippen LogP contribution in [0.25, 0.3) is 11.0 Å². The molecule has 3 aromatic heterocycles. The molecule has 7 rings (SSSR count). The molecule has 1 aromatic carbocycles. The van der Waals surface area contributed by atoms with Crippen molar-refractivity contribution >= 4 is 49.9 Å². The molecule has 30 nitrogen and oxygen atoms in total. The molecule has 2 saturated heterocycles. The fourth-order valence-corrected chi connectivity index (χ4v) is 11.1. The van der Waals surface area contributed by atoms with Crippen molar-refractivity contribution in [2.24, 2.45) is 5.92 Å². The first-order valence-electron chi connectivity index (χ1n) is 26.9. The Bertz CT molecular complexity index is 2740. The monoisotopic (exact) mass is 1230 g/mol. The first kappa shape index (κ1) is 65.6. The molecule has 3 aliphatic rings. The summed E-state index contributed by atoms with van der Waals surface area (Å²) in [6.45, 7) is 5.28. The summed E-state index contributed by atoms with van der Waals surface area (Å²) in [6, 6.07) is 0.973. The molecule has 3 fully saturated rings. The minimum absolute atomic E-state index is 0.0644. The van der Waals surface area contributed by atoms with Gasteiger partial charge in [0.05, 0.1) is 149 Å². The zero-order valence-electron chi connectivity index (χ0n) is 45.3. The maximum absolute atomic E-state index is 13.6. The summed E-state index contributed by atoms with van der Waals surface area (Å²) in [7, 11) is -9.68. The Kier molecular flexibility index (Phi) is 26.2. The van der Waals surface area contributed by atoms with E-state index >= 15 is 0 Å². The highest BCUT2D eigenvalue weighted by atomic mass is 31.2. The van der Waals surface area contributed by atoms with Crippen LogP contribution in [0.1, 0.15) is 44.0 Å². The van der Waals surface area contributed by atoms with Crippen molar-refractivity contribution in [2.45, 2.75) is 75.8 Å². The van der Waals surface area contributed by atoms with E-state index in [1.807, 2.05) is 4.90 Å². The van der Waals surface area contributed by atoms with Gasteiger partial charge in [-0.25, -0.2) is 22.5 Å². The largest absolute Gasteiger partial charge is 0.420 e. The van der Waals surface area contributed by atoms with Gasteiger partial charge in [-0.2, -0.15) is 15.1 Å². The SMILES string of the molecule is O=C(CCOCCOCCOCCOCCn1cc(COCCOCCOCCOCCNC(=O)C2CN(c3nc(NC4CCCC4)c4cnn([C@@H]5O[C@H](COP(=O)(O)CP(=O)(O)O)[C@@H](O)[C@H]5O)c4n3)C2)nn1)Oc1c(F)cc(F)cc1F. The number of hydrogen-bond acceptors (Lipinski definition) is 24. The van der Waals surface area contributed by atoms with Gasteiger partial charge in [0.25, 0.3) is 0 Å². The highest BCUT2D eigenvalue weighted by Crippen LogP contribution is 2.55. The van der Waals surface area contributed by atoms with E-state index in [9.17, 15) is 47.0 Å². The third-order valence-corrected chi connectivity index (χ3v) is 16.2. The van der Waals surface area contributed by atoms with E-state index in [0.717, 1.165) is 25.7 Å². The van der Waals surface area contributed by atoms with Crippen molar-refractivity contribution in [3.63, 3.8) is 0 Å². The summed E-state index contributed by atoms with van der Waals surface area (Å²) in [5.41, 5.74) is 0.896. The van der Waals surface area contributed by atoms with Crippen LogP contribution in [0.5, 0.6) is 5.75 Å². The second-order valence-corrected chi connectivity index (χ2v) is 23.2. The van der Waals surface area contributed by atoms with Crippen LogP contribution in [0.2, 0.25) is 0 Å². The molecule has 1 saturated carbocycles. The molecule has 464 valence electrons. The van der Waals surface area contributed by atoms with Gasteiger partial charge < -0.3 is 92.3 Å². The van der Waals surface area contributed by atoms with E-state index in [-0.39, 0.29) is 75.5 Å². The molecule has 1 aliphatic carbocycles. The molecule has 0 radical (unpaired) electrons. The predicted octanol–water partition coefficient (Wildman–Crippen LogP) is 1.03. The Balaban J connectivity index is 0.659. The summed E-state index contributed by atoms with van der Waals surface area (Å²) in [5, 5.41) is 41.2. The normalized spacial score (nSPS) is 19.4. The van der Waals surface area contributed by atoms with E-state index in [4.69, 9.17) is 66.9 Å². The van der Waals surface area contributed by atoms with Crippen molar-refractivity contribution in [1.82, 2.24) is 40.1 Å². The zero-order valence-corrected chi connectivity index (χ0v) is 47.1. The Labute approximate surface area is 474 Å². The van der Waals surface area contributed by atoms with Gasteiger partial charge in [0, 0.05) is 37.8 Å². The number of carbonyl (C=O) groups excluding carboxylic acids is 2. The number of amides is 1. The van der Waals surface area contributed by atoms with Crippen LogP contribution in [-0.4, -0.2) is 227 Å². The smallest absolute Gasteiger partial charge is 0.340 e. The van der Waals surface area contributed by atoms with Gasteiger partial charge in [-0.05, 0) is 12.8 Å². The van der Waals surface area contributed by atoms with Gasteiger partial charge in [-0.3, -0.25) is 18.7 Å². The van der Waals surface area contributed by atoms with Crippen LogP contribution in [0.3, 0.4) is 0 Å². The molecule has 1 unspecified atom stereocenters. The van der Waals surface area contributed by atoms with Gasteiger partial charge >= 0.3 is 21.2 Å². The number of carbonyl (C=O) groups is 2. The third kappa shape index (κ3) is 21.5. The fraction of sp³-hybridized carbons (Fsp3) is 0.688. The molecule has 83 heavy (non-hydrogen) atoms. The van der Waals surface area contributed by atoms with E-state index in [1.54, 1.807) is 10.9 Å². The van der Waals surface area contributed by atoms with Gasteiger partial charge in [0.1, 0.15) is 35.6 Å². The van der Waals surface area contributed by atoms with E-state index in [2.05, 4.69) is 30.8 Å². The number of halogens is 3. The highest BCUT2D eigenvalue weighted by Gasteiger charge is 2.46. The second-order valence-electron chi connectivity index (χ2n) is 19.2. The van der Waals surface area contributed by atoms with Crippen molar-refractivity contribution in [2.75, 3.05) is 141 Å². The molecule has 2 aliphatic heterocycles. The number of hydrogen-bond donors (Lipinski definition) is 7. The molecule has 0 spiro atoms. The summed E-state index contributed by atoms with van der Waals surface area (Å²) in [5.74, 6) is -6.84. The average Bonchev–Trinajstić information content (AvgIpc) is 4.36. The van der Waals surface area contributed by atoms with Crippen molar-refractivity contribution in [3.05, 3.63) is 47.7 Å². The lowest BCUT2D eigenvalue weighted by molar-refractivity contribution is -0.136. The Morgan fingerprint density at radius 2 is 1.35 bits per heavy atom. The zero-order chi connectivity index (χ0) is 59.2. The molecule has 5 heterocycles. The summed E-state index contributed by atoms with van der Waals surface area (Å²) < 4.78 is 126. The average molecular weight is 1230 g/mol. The van der Waals surface area contributed by atoms with Crippen LogP contribution in [0.4, 0.5) is 24.9 Å². The number of ether oxygens (including phenoxy) is 10. The number of nitrogens with zero attached hydrogens (tertiary/aromatic N) is 8. The topological polar surface area (TPSA) is 373 Å². The molecule has 1 amide bonds. The molecule has 5 atom stereocenters. The summed E-state index contributed by atoms with van der Waals surface area (Å²) in [4.78, 5) is 64.2. The standard InChI is InChI=1S/C48H71F3N10O20P2/c49-33-23-37(50)43(38(51)24-33)81-40(62)5-8-71-11-14-74-17-18-76-16-13-73-10-7-60-28-35(57-58-60)29-78-22-21-77-20-19-75-15-12-72-9-6-52-46(65)32-26-59(27-32)48-55-44(54-34-3-1-2-4-34)36-25-53-61(45(36)56-48)47-42(64)41(63)39(80-47)30-79-83(69,70)31-82(66,67)68/h23-25,28,32,34,39,41-42,47,63-64H,1-22,26-27,29-31H2,(H,52,65)(H,69,70)(H,54,55,56)(H2,66,67,68)/t39-,41-,42-,47-/m1/s1. The number of aliphatic hydroxyl groups is 2. The van der Waals surface area contributed by atoms with Crippen molar-refractivity contribution in [1.29, 1.82) is 0 Å². The summed E-state index contributed by atoms with van der Waals surface area (Å²) in [6.07, 6.45) is 1.02. The summed E-state index contributed by atoms with van der Waals surface area (Å²) >= 11 is 0. The van der Waals surface area contributed by atoms with Crippen molar-refractivity contribution < 1.29 is 109 Å². The minimum Gasteiger partial charge on any atom is -0.420 e. The second kappa shape index (κ2) is 33.1. The van der Waals surface area contributed by atoms with E-state index in [1.165, 1.54) is 10.9 Å². The fourth-order valence-electron chi connectivity index (χ4n) is 8.56. The van der Waals surface area contributed by atoms with Gasteiger partial charge in [-0.15, -0.1) is 5.10 Å². The molecular formula is C48H71F3N10O20P2. The van der Waals surface area contributed by atoms with Crippen LogP contribution in [0, 0.1) is 23.4 Å². The lowest BCUT2D eigenvalue weighted by Gasteiger charge is -2.38. The number of aromatic nitrogens is 7. The number of benzene rings is 1. The van der Waals surface area contributed by atoms with Gasteiger partial charge in [0.15, 0.2) is 29.4 Å². The number of anilines is 2. The van der Waals surface area contributed by atoms with E-state index < -0.39 is 81.4 Å². The number of nitrogens with one attached hydrogen (secondary N) is 2. The number of rotatable bonds is 40. The molecule has 0 bridgehead atoms. The van der Waals surface area contributed by atoms with Crippen LogP contribution in [0.15, 0.2) is 24.5 Å². The van der Waals surface area contributed by atoms with Gasteiger partial charge in [-0.1, -0.05) is 18.1 Å². The Morgan fingerprint density at radius 3 is 1.98 bits per heavy atom. The minimum atomic E-state index is -4.90. The first-order chi connectivity index (χ1) is 39.9. The quantitative estimate of drug-likeness (QED) is 0.0141. The maximum Gasteiger partial charge on any atom is 0.340 e. The predicted molar refractivity (Wildman–Crippen MR) is 281 cm³/mol. The maximum atomic E-state index is 13.6. The third-order valence-electron chi connectivity index (χ3n) is 12.8. The Morgan fingerprint density at radius 1 is 0.759 bits per heavy atom.